The molecule has 2 saturated heterocycles. The highest BCUT2D eigenvalue weighted by molar-refractivity contribution is 6.43. The lowest BCUT2D eigenvalue weighted by atomic mass is 9.79. The van der Waals surface area contributed by atoms with E-state index in [0.717, 1.165) is 23.0 Å². The van der Waals surface area contributed by atoms with Crippen molar-refractivity contribution in [2.75, 3.05) is 6.54 Å². The Hall–Kier alpha value is -3.38. The Balaban J connectivity index is 1.60. The number of aryl methyl sites for hydroxylation is 2. The fourth-order valence-corrected chi connectivity index (χ4v) is 7.25. The lowest BCUT2D eigenvalue weighted by Crippen LogP contribution is -2.44. The van der Waals surface area contributed by atoms with Crippen molar-refractivity contribution in [1.29, 1.82) is 5.26 Å². The Morgan fingerprint density at radius 3 is 2.70 bits per heavy atom. The van der Waals surface area contributed by atoms with Gasteiger partial charge in [-0.05, 0) is 71.2 Å². The van der Waals surface area contributed by atoms with Crippen molar-refractivity contribution in [1.82, 2.24) is 14.5 Å². The van der Waals surface area contributed by atoms with Gasteiger partial charge in [-0.2, -0.15) is 5.26 Å². The van der Waals surface area contributed by atoms with Crippen LogP contribution in [0, 0.1) is 30.0 Å². The van der Waals surface area contributed by atoms with Crippen molar-refractivity contribution in [2.24, 2.45) is 11.7 Å². The molecule has 7 nitrogen and oxygen atoms in total. The zero-order valence-electron chi connectivity index (χ0n) is 24.8. The summed E-state index contributed by atoms with van der Waals surface area (Å²) in [6, 6.07) is 10.9. The summed E-state index contributed by atoms with van der Waals surface area (Å²) in [7, 11) is 0. The summed E-state index contributed by atoms with van der Waals surface area (Å²) in [6.45, 7) is 9.98. The molecule has 1 amide bonds. The number of benzene rings is 2. The smallest absolute Gasteiger partial charge is 0.410 e. The summed E-state index contributed by atoms with van der Waals surface area (Å²) >= 11 is 12.9. The van der Waals surface area contributed by atoms with Crippen molar-refractivity contribution in [3.63, 3.8) is 0 Å². The highest BCUT2D eigenvalue weighted by Crippen LogP contribution is 2.53. The predicted octanol–water partition coefficient (Wildman–Crippen LogP) is 8.27. The number of aromatic nitrogens is 2. The maximum Gasteiger partial charge on any atom is 0.410 e. The van der Waals surface area contributed by atoms with Crippen LogP contribution < -0.4 is 5.73 Å². The van der Waals surface area contributed by atoms with Gasteiger partial charge in [-0.25, -0.2) is 14.2 Å². The molecule has 4 atom stereocenters. The Morgan fingerprint density at radius 1 is 1.28 bits per heavy atom. The van der Waals surface area contributed by atoms with Crippen molar-refractivity contribution in [3.05, 3.63) is 63.1 Å². The molecule has 224 valence electrons. The third-order valence-electron chi connectivity index (χ3n) is 8.69. The number of nitrogens with two attached hydrogens (primary N) is 1. The molecule has 2 N–H and O–H groups in total. The molecule has 0 radical (unpaired) electrons. The number of carbonyl (C=O) groups is 1. The van der Waals surface area contributed by atoms with E-state index >= 15 is 4.39 Å². The number of hydrogen-bond donors (Lipinski definition) is 1. The fraction of sp³-hybridized carbons (Fsp3) is 0.424. The first-order valence-corrected chi connectivity index (χ1v) is 15.3. The zero-order chi connectivity index (χ0) is 31.0. The van der Waals surface area contributed by atoms with E-state index in [9.17, 15) is 10.1 Å². The van der Waals surface area contributed by atoms with Crippen LogP contribution in [0.25, 0.3) is 32.9 Å². The van der Waals surface area contributed by atoms with Crippen LogP contribution in [0.1, 0.15) is 69.6 Å². The summed E-state index contributed by atoms with van der Waals surface area (Å²) in [6.07, 6.45) is 1.06. The van der Waals surface area contributed by atoms with Crippen LogP contribution in [0.4, 0.5) is 9.18 Å². The van der Waals surface area contributed by atoms with Gasteiger partial charge in [0.25, 0.3) is 0 Å². The van der Waals surface area contributed by atoms with Gasteiger partial charge in [-0.15, -0.1) is 0 Å². The summed E-state index contributed by atoms with van der Waals surface area (Å²) in [5.74, 6) is -0.303. The van der Waals surface area contributed by atoms with E-state index in [0.29, 0.717) is 45.8 Å². The van der Waals surface area contributed by atoms with E-state index in [2.05, 4.69) is 10.6 Å². The number of ether oxygens (including phenoxy) is 1. The summed E-state index contributed by atoms with van der Waals surface area (Å²) in [5, 5.41) is 11.5. The van der Waals surface area contributed by atoms with Crippen LogP contribution in [0.5, 0.6) is 0 Å². The molecule has 2 aromatic heterocycles. The van der Waals surface area contributed by atoms with E-state index in [1.807, 2.05) is 51.7 Å². The molecule has 7 rings (SSSR count). The SMILES string of the molecule is Cc1nc2c(F)c(-c3cccc(Cl)c3Cl)c(CCC#N)cc2c2c1cc([C@@H](C)N)n2[C@H]1[C@@H]2C[C@H]1N(C(=O)OC(C)(C)C)C2. The van der Waals surface area contributed by atoms with Gasteiger partial charge >= 0.3 is 6.09 Å². The van der Waals surface area contributed by atoms with Crippen molar-refractivity contribution >= 4 is 51.1 Å². The maximum absolute atomic E-state index is 16.8. The molecule has 1 saturated carbocycles. The number of hydrogen-bond acceptors (Lipinski definition) is 5. The molecule has 2 aliphatic heterocycles. The Kier molecular flexibility index (Phi) is 7.36. The van der Waals surface area contributed by atoms with Gasteiger partial charge in [0.15, 0.2) is 5.82 Å². The normalized spacial score (nSPS) is 20.4. The second kappa shape index (κ2) is 10.7. The Labute approximate surface area is 260 Å². The minimum Gasteiger partial charge on any atom is -0.444 e. The van der Waals surface area contributed by atoms with Gasteiger partial charge in [0.1, 0.15) is 11.1 Å². The maximum atomic E-state index is 16.8. The fourth-order valence-electron chi connectivity index (χ4n) is 6.86. The Morgan fingerprint density at radius 2 is 2.02 bits per heavy atom. The average molecular weight is 623 g/mol. The summed E-state index contributed by atoms with van der Waals surface area (Å²) < 4.78 is 24.7. The monoisotopic (exact) mass is 621 g/mol. The van der Waals surface area contributed by atoms with Gasteiger partial charge in [-0.1, -0.05) is 35.3 Å². The quantitative estimate of drug-likeness (QED) is 0.242. The predicted molar refractivity (Wildman–Crippen MR) is 168 cm³/mol. The molecule has 43 heavy (non-hydrogen) atoms. The topological polar surface area (TPSA) is 97.2 Å². The van der Waals surface area contributed by atoms with Gasteiger partial charge in [-0.3, -0.25) is 0 Å². The van der Waals surface area contributed by atoms with Crippen molar-refractivity contribution in [3.8, 4) is 17.2 Å². The molecule has 0 spiro atoms. The van der Waals surface area contributed by atoms with E-state index < -0.39 is 11.4 Å². The van der Waals surface area contributed by atoms with Crippen LogP contribution in [0.2, 0.25) is 10.0 Å². The highest BCUT2D eigenvalue weighted by atomic mass is 35.5. The lowest BCUT2D eigenvalue weighted by molar-refractivity contribution is 0.0209. The Bertz CT molecular complexity index is 1840. The van der Waals surface area contributed by atoms with E-state index in [1.54, 1.807) is 18.2 Å². The first-order valence-electron chi connectivity index (χ1n) is 14.6. The molecule has 10 heteroatoms. The molecule has 4 heterocycles. The molecule has 0 unspecified atom stereocenters. The number of halogens is 3. The minimum absolute atomic E-state index is 0.0383. The largest absolute Gasteiger partial charge is 0.444 e. The van der Waals surface area contributed by atoms with Crippen molar-refractivity contribution in [2.45, 2.75) is 77.6 Å². The highest BCUT2D eigenvalue weighted by Gasteiger charge is 2.56. The molecular formula is C33H34Cl2FN5O2. The second-order valence-corrected chi connectivity index (χ2v) is 13.5. The number of rotatable bonds is 5. The van der Waals surface area contributed by atoms with Gasteiger partial charge in [0, 0.05) is 58.2 Å². The molecule has 2 bridgehead atoms. The van der Waals surface area contributed by atoms with Crippen LogP contribution in [0.15, 0.2) is 30.3 Å². The molecule has 4 aromatic rings. The molecule has 2 aromatic carbocycles. The van der Waals surface area contributed by atoms with Gasteiger partial charge < -0.3 is 19.9 Å². The number of carbonyl (C=O) groups excluding carboxylic acids is 1. The lowest BCUT2D eigenvalue weighted by Gasteiger charge is -2.39. The third kappa shape index (κ3) is 4.82. The zero-order valence-corrected chi connectivity index (χ0v) is 26.4. The van der Waals surface area contributed by atoms with Gasteiger partial charge in [0.2, 0.25) is 0 Å². The molecule has 3 aliphatic rings. The first kappa shape index (κ1) is 29.7. The van der Waals surface area contributed by atoms with E-state index in [-0.39, 0.29) is 47.1 Å². The molecule has 3 fully saturated rings. The van der Waals surface area contributed by atoms with Crippen LogP contribution in [0.3, 0.4) is 0 Å². The number of nitriles is 1. The minimum atomic E-state index is -0.601. The standard InChI is InChI=1S/C33H34Cl2FN5O2/c1-16(38)24-14-21-17(2)39-29-22(12-18(8-7-11-37)26(28(29)36)20-9-6-10-23(34)27(20)35)31(21)41(24)30-19-13-25(30)40(15-19)32(42)43-33(3,4)5/h6,9-10,12,14,16,19,25,30H,7-8,13,15,38H2,1-5H3/t16-,19-,25-,30+/m1/s1. The number of pyridine rings is 1. The number of amides is 1. The molecular weight excluding hydrogens is 588 g/mol. The summed E-state index contributed by atoms with van der Waals surface area (Å²) in [4.78, 5) is 19.7. The van der Waals surface area contributed by atoms with Gasteiger partial charge in [0.05, 0.1) is 33.7 Å². The number of fused-ring (bicyclic) bond motifs is 4. The van der Waals surface area contributed by atoms with Crippen molar-refractivity contribution < 1.29 is 13.9 Å². The summed E-state index contributed by atoms with van der Waals surface area (Å²) in [5.41, 5.74) is 9.97. The third-order valence-corrected chi connectivity index (χ3v) is 9.50. The first-order chi connectivity index (χ1) is 20.3. The molecule has 1 aliphatic carbocycles. The van der Waals surface area contributed by atoms with E-state index in [4.69, 9.17) is 38.7 Å². The van der Waals surface area contributed by atoms with E-state index in [1.165, 1.54) is 0 Å². The van der Waals surface area contributed by atoms with Crippen LogP contribution in [-0.4, -0.2) is 38.7 Å². The second-order valence-electron chi connectivity index (χ2n) is 12.8. The average Bonchev–Trinajstić information content (AvgIpc) is 3.63. The number of nitrogens with zero attached hydrogens (tertiary/aromatic N) is 4. The van der Waals surface area contributed by atoms with Crippen LogP contribution in [-0.2, 0) is 11.2 Å². The van der Waals surface area contributed by atoms with Crippen LogP contribution >= 0.6 is 23.2 Å².